The Kier molecular flexibility index (Phi) is 10.7. The average Bonchev–Trinajstić information content (AvgIpc) is 2.77. The summed E-state index contributed by atoms with van der Waals surface area (Å²) in [6.07, 6.45) is 6.09. The van der Waals surface area contributed by atoms with E-state index in [0.29, 0.717) is 29.6 Å². The Morgan fingerprint density at radius 3 is 2.13 bits per heavy atom. The zero-order chi connectivity index (χ0) is 21.8. The van der Waals surface area contributed by atoms with Crippen LogP contribution in [-0.4, -0.2) is 27.9 Å². The van der Waals surface area contributed by atoms with Crippen molar-refractivity contribution in [3.05, 3.63) is 46.5 Å². The maximum Gasteiger partial charge on any atom is 0.162 e. The number of benzene rings is 2. The largest absolute Gasteiger partial charge is 0.493 e. The molecule has 0 aromatic heterocycles. The molecule has 0 spiro atoms. The molecule has 0 aliphatic heterocycles. The lowest BCUT2D eigenvalue weighted by Gasteiger charge is -2.14. The van der Waals surface area contributed by atoms with Gasteiger partial charge in [0.25, 0.3) is 0 Å². The van der Waals surface area contributed by atoms with Gasteiger partial charge in [0.15, 0.2) is 23.0 Å². The molecule has 0 aliphatic carbocycles. The highest BCUT2D eigenvalue weighted by atomic mass is 35.5. The van der Waals surface area contributed by atoms with E-state index < -0.39 is 0 Å². The number of hydrogen-bond acceptors (Lipinski definition) is 5. The van der Waals surface area contributed by atoms with E-state index >= 15 is 0 Å². The van der Waals surface area contributed by atoms with Crippen LogP contribution in [0.4, 0.5) is 0 Å². The first-order valence-corrected chi connectivity index (χ1v) is 10.9. The van der Waals surface area contributed by atoms with E-state index in [-0.39, 0.29) is 0 Å². The molecule has 0 saturated heterocycles. The summed E-state index contributed by atoms with van der Waals surface area (Å²) in [5.74, 6) is 2.83. The molecule has 0 aliphatic rings. The molecule has 0 heterocycles. The summed E-state index contributed by atoms with van der Waals surface area (Å²) in [4.78, 5) is 0. The van der Waals surface area contributed by atoms with Gasteiger partial charge < -0.3 is 24.3 Å². The monoisotopic (exact) mass is 435 g/mol. The molecule has 0 radical (unpaired) electrons. The van der Waals surface area contributed by atoms with Gasteiger partial charge in [-0.1, -0.05) is 50.3 Å². The molecule has 0 unspecified atom stereocenters. The van der Waals surface area contributed by atoms with Gasteiger partial charge in [-0.15, -0.1) is 0 Å². The molecule has 0 bridgehead atoms. The van der Waals surface area contributed by atoms with Gasteiger partial charge in [0.1, 0.15) is 0 Å². The molecule has 2 rings (SSSR count). The minimum absolute atomic E-state index is 0.609. The van der Waals surface area contributed by atoms with Crippen LogP contribution < -0.4 is 24.3 Å². The first kappa shape index (κ1) is 24.2. The van der Waals surface area contributed by atoms with E-state index in [1.165, 1.54) is 25.7 Å². The van der Waals surface area contributed by atoms with E-state index in [4.69, 9.17) is 30.5 Å². The van der Waals surface area contributed by atoms with Crippen LogP contribution in [-0.2, 0) is 13.1 Å². The van der Waals surface area contributed by atoms with Crippen molar-refractivity contribution in [3.8, 4) is 23.0 Å². The van der Waals surface area contributed by atoms with E-state index in [9.17, 15) is 0 Å². The fraction of sp³-hybridized carbons (Fsp3) is 0.500. The molecule has 6 heteroatoms. The third-order valence-corrected chi connectivity index (χ3v) is 5.28. The van der Waals surface area contributed by atoms with Gasteiger partial charge in [-0.25, -0.2) is 0 Å². The first-order valence-electron chi connectivity index (χ1n) is 10.5. The van der Waals surface area contributed by atoms with Gasteiger partial charge in [-0.05, 0) is 35.7 Å². The lowest BCUT2D eigenvalue weighted by atomic mass is 10.1. The summed E-state index contributed by atoms with van der Waals surface area (Å²) in [5.41, 5.74) is 2.06. The summed E-state index contributed by atoms with van der Waals surface area (Å²) in [7, 11) is 4.88. The van der Waals surface area contributed by atoms with Crippen LogP contribution >= 0.6 is 11.6 Å². The van der Waals surface area contributed by atoms with E-state index in [1.807, 2.05) is 18.2 Å². The molecule has 0 atom stereocenters. The van der Waals surface area contributed by atoms with Crippen molar-refractivity contribution in [2.24, 2.45) is 0 Å². The predicted octanol–water partition coefficient (Wildman–Crippen LogP) is 6.00. The summed E-state index contributed by atoms with van der Waals surface area (Å²) in [6, 6.07) is 9.71. The lowest BCUT2D eigenvalue weighted by Crippen LogP contribution is -2.13. The highest BCUT2D eigenvalue weighted by Gasteiger charge is 2.10. The number of nitrogens with one attached hydrogen (secondary N) is 1. The van der Waals surface area contributed by atoms with E-state index in [1.54, 1.807) is 27.4 Å². The third-order valence-electron chi connectivity index (χ3n) is 4.93. The highest BCUT2D eigenvalue weighted by Crippen LogP contribution is 2.33. The maximum absolute atomic E-state index is 6.36. The number of ether oxygens (including phenoxy) is 4. The minimum Gasteiger partial charge on any atom is -0.493 e. The van der Waals surface area contributed by atoms with Gasteiger partial charge in [0, 0.05) is 24.2 Å². The zero-order valence-corrected chi connectivity index (χ0v) is 19.3. The lowest BCUT2D eigenvalue weighted by molar-refractivity contribution is 0.284. The molecule has 0 saturated carbocycles. The molecular formula is C24H34ClNO4. The van der Waals surface area contributed by atoms with Crippen molar-refractivity contribution >= 4 is 11.6 Å². The molecule has 30 heavy (non-hydrogen) atoms. The van der Waals surface area contributed by atoms with Crippen LogP contribution in [0.1, 0.15) is 50.2 Å². The first-order chi connectivity index (χ1) is 14.6. The van der Waals surface area contributed by atoms with Crippen LogP contribution in [0, 0.1) is 0 Å². The number of methoxy groups -OCH3 is 3. The van der Waals surface area contributed by atoms with Gasteiger partial charge >= 0.3 is 0 Å². The summed E-state index contributed by atoms with van der Waals surface area (Å²) < 4.78 is 22.1. The third kappa shape index (κ3) is 7.29. The number of rotatable bonds is 14. The van der Waals surface area contributed by atoms with Crippen LogP contribution in [0.5, 0.6) is 23.0 Å². The van der Waals surface area contributed by atoms with Crippen molar-refractivity contribution in [2.75, 3.05) is 27.9 Å². The van der Waals surface area contributed by atoms with Crippen LogP contribution in [0.3, 0.4) is 0 Å². The maximum atomic E-state index is 6.36. The fourth-order valence-electron chi connectivity index (χ4n) is 3.20. The van der Waals surface area contributed by atoms with Crippen LogP contribution in [0.2, 0.25) is 5.02 Å². The second-order valence-corrected chi connectivity index (χ2v) is 7.56. The van der Waals surface area contributed by atoms with Crippen molar-refractivity contribution in [3.63, 3.8) is 0 Å². The molecular weight excluding hydrogens is 402 g/mol. The normalized spacial score (nSPS) is 10.7. The summed E-state index contributed by atoms with van der Waals surface area (Å²) >= 11 is 6.36. The number of hydrogen-bond donors (Lipinski definition) is 1. The summed E-state index contributed by atoms with van der Waals surface area (Å²) in [5, 5.41) is 4.05. The fourth-order valence-corrected chi connectivity index (χ4v) is 3.42. The Bertz CT molecular complexity index is 782. The average molecular weight is 436 g/mol. The molecule has 2 aromatic carbocycles. The van der Waals surface area contributed by atoms with Crippen molar-refractivity contribution in [1.29, 1.82) is 0 Å². The quantitative estimate of drug-likeness (QED) is 0.368. The summed E-state index contributed by atoms with van der Waals surface area (Å²) in [6.45, 7) is 4.23. The molecule has 0 amide bonds. The SMILES string of the molecule is CCCCCCCOc1ccc(CNCc2cc(OC)c(OC)cc2Cl)cc1OC. The van der Waals surface area contributed by atoms with Crippen molar-refractivity contribution in [1.82, 2.24) is 5.32 Å². The molecule has 1 N–H and O–H groups in total. The Hall–Kier alpha value is -2.11. The Balaban J connectivity index is 1.88. The topological polar surface area (TPSA) is 49.0 Å². The second-order valence-electron chi connectivity index (χ2n) is 7.15. The zero-order valence-electron chi connectivity index (χ0n) is 18.6. The van der Waals surface area contributed by atoms with E-state index in [0.717, 1.165) is 35.7 Å². The smallest absolute Gasteiger partial charge is 0.162 e. The molecule has 2 aromatic rings. The molecule has 0 fully saturated rings. The minimum atomic E-state index is 0.609. The number of unbranched alkanes of at least 4 members (excludes halogenated alkanes) is 4. The second kappa shape index (κ2) is 13.2. The van der Waals surface area contributed by atoms with Gasteiger partial charge in [0.05, 0.1) is 27.9 Å². The van der Waals surface area contributed by atoms with Gasteiger partial charge in [-0.3, -0.25) is 0 Å². The Morgan fingerprint density at radius 2 is 1.43 bits per heavy atom. The van der Waals surface area contributed by atoms with Crippen molar-refractivity contribution < 1.29 is 18.9 Å². The molecule has 5 nitrogen and oxygen atoms in total. The van der Waals surface area contributed by atoms with E-state index in [2.05, 4.69) is 18.3 Å². The van der Waals surface area contributed by atoms with Gasteiger partial charge in [0.2, 0.25) is 0 Å². The Labute approximate surface area is 185 Å². The molecule has 166 valence electrons. The standard InChI is InChI=1S/C24H34ClNO4/c1-5-6-7-8-9-12-30-21-11-10-18(13-22(21)27-2)16-26-17-19-14-23(28-3)24(29-4)15-20(19)25/h10-11,13-15,26H,5-9,12,16-17H2,1-4H3. The number of halogens is 1. The van der Waals surface area contributed by atoms with Crippen molar-refractivity contribution in [2.45, 2.75) is 52.1 Å². The van der Waals surface area contributed by atoms with Gasteiger partial charge in [-0.2, -0.15) is 0 Å². The predicted molar refractivity (Wildman–Crippen MR) is 122 cm³/mol. The van der Waals surface area contributed by atoms with Crippen LogP contribution in [0.15, 0.2) is 30.3 Å². The van der Waals surface area contributed by atoms with Crippen LogP contribution in [0.25, 0.3) is 0 Å². The highest BCUT2D eigenvalue weighted by molar-refractivity contribution is 6.31. The Morgan fingerprint density at radius 1 is 0.767 bits per heavy atom.